The maximum Gasteiger partial charge on any atom is 0.242 e. The molecule has 1 N–H and O–H groups in total. The molecule has 0 radical (unpaired) electrons. The van der Waals surface area contributed by atoms with Crippen LogP contribution < -0.4 is 5.32 Å². The number of hydrogen-bond acceptors (Lipinski definition) is 2. The molecule has 68 valence electrons. The molecule has 0 aromatic carbocycles. The van der Waals surface area contributed by atoms with Gasteiger partial charge in [-0.3, -0.25) is 9.79 Å². The first-order valence-electron chi connectivity index (χ1n) is 4.47. The fourth-order valence-corrected chi connectivity index (χ4v) is 1.68. The summed E-state index contributed by atoms with van der Waals surface area (Å²) in [7, 11) is 0. The molecular weight excluding hydrogens is 152 g/mol. The van der Waals surface area contributed by atoms with Gasteiger partial charge in [-0.05, 0) is 19.8 Å². The van der Waals surface area contributed by atoms with Crippen molar-refractivity contribution in [3.05, 3.63) is 0 Å². The lowest BCUT2D eigenvalue weighted by atomic mass is 9.87. The van der Waals surface area contributed by atoms with E-state index in [0.717, 1.165) is 18.6 Å². The molecule has 1 rings (SSSR count). The normalized spacial score (nSPS) is 21.6. The third-order valence-electron chi connectivity index (χ3n) is 2.74. The third kappa shape index (κ3) is 1.36. The highest BCUT2D eigenvalue weighted by molar-refractivity contribution is 5.99. The predicted octanol–water partition coefficient (Wildman–Crippen LogP) is 1.14. The van der Waals surface area contributed by atoms with Crippen molar-refractivity contribution in [2.24, 2.45) is 4.99 Å². The van der Waals surface area contributed by atoms with E-state index in [9.17, 15) is 4.79 Å². The summed E-state index contributed by atoms with van der Waals surface area (Å²) < 4.78 is 0. The Labute approximate surface area is 73.3 Å². The van der Waals surface area contributed by atoms with E-state index in [2.05, 4.69) is 24.2 Å². The van der Waals surface area contributed by atoms with Crippen molar-refractivity contribution in [1.29, 1.82) is 0 Å². The van der Waals surface area contributed by atoms with Gasteiger partial charge in [0.2, 0.25) is 5.91 Å². The number of nitrogens with one attached hydrogen (secondary N) is 1. The highest BCUT2D eigenvalue weighted by atomic mass is 16.2. The minimum absolute atomic E-state index is 0.0456. The van der Waals surface area contributed by atoms with Gasteiger partial charge in [0.25, 0.3) is 0 Å². The van der Waals surface area contributed by atoms with Gasteiger partial charge in [-0.2, -0.15) is 0 Å². The quantitative estimate of drug-likeness (QED) is 0.660. The number of carbonyl (C=O) groups is 1. The second-order valence-corrected chi connectivity index (χ2v) is 3.24. The Hall–Kier alpha value is -0.860. The lowest BCUT2D eigenvalue weighted by Gasteiger charge is -2.35. The molecular formula is C9H16N2O. The van der Waals surface area contributed by atoms with Crippen molar-refractivity contribution < 1.29 is 4.79 Å². The topological polar surface area (TPSA) is 41.5 Å². The van der Waals surface area contributed by atoms with Crippen molar-refractivity contribution in [3.63, 3.8) is 0 Å². The minimum atomic E-state index is -0.157. The number of aliphatic imine (C=N–C) groups is 1. The van der Waals surface area contributed by atoms with Crippen molar-refractivity contribution in [2.75, 3.05) is 6.54 Å². The van der Waals surface area contributed by atoms with Gasteiger partial charge >= 0.3 is 0 Å². The molecule has 0 unspecified atom stereocenters. The molecule has 0 aromatic rings. The first kappa shape index (κ1) is 9.23. The van der Waals surface area contributed by atoms with Crippen LogP contribution in [0.1, 0.15) is 33.6 Å². The molecule has 1 amide bonds. The molecule has 0 saturated heterocycles. The summed E-state index contributed by atoms with van der Waals surface area (Å²) in [6.45, 7) is 6.45. The average molecular weight is 168 g/mol. The molecule has 1 aliphatic rings. The van der Waals surface area contributed by atoms with Crippen LogP contribution in [0, 0.1) is 0 Å². The van der Waals surface area contributed by atoms with Crippen LogP contribution in [0.15, 0.2) is 4.99 Å². The fourth-order valence-electron chi connectivity index (χ4n) is 1.68. The van der Waals surface area contributed by atoms with E-state index < -0.39 is 0 Å². The smallest absolute Gasteiger partial charge is 0.242 e. The molecule has 0 aliphatic carbocycles. The van der Waals surface area contributed by atoms with Crippen LogP contribution in [-0.2, 0) is 4.79 Å². The van der Waals surface area contributed by atoms with Crippen LogP contribution >= 0.6 is 0 Å². The predicted molar refractivity (Wildman–Crippen MR) is 49.4 cm³/mol. The first-order valence-corrected chi connectivity index (χ1v) is 4.47. The molecule has 0 spiro atoms. The van der Waals surface area contributed by atoms with Gasteiger partial charge in [-0.1, -0.05) is 13.8 Å². The molecule has 12 heavy (non-hydrogen) atoms. The van der Waals surface area contributed by atoms with Gasteiger partial charge in [0.15, 0.2) is 0 Å². The highest BCUT2D eigenvalue weighted by Crippen LogP contribution is 2.19. The lowest BCUT2D eigenvalue weighted by molar-refractivity contribution is -0.121. The highest BCUT2D eigenvalue weighted by Gasteiger charge is 2.33. The van der Waals surface area contributed by atoms with E-state index in [1.165, 1.54) is 0 Å². The second-order valence-electron chi connectivity index (χ2n) is 3.24. The molecule has 1 heterocycles. The van der Waals surface area contributed by atoms with E-state index in [1.54, 1.807) is 0 Å². The third-order valence-corrected chi connectivity index (χ3v) is 2.74. The standard InChI is InChI=1S/C9H16N2O/c1-4-9(5-2)7(3)10-6-8(12)11-9/h4-6H2,1-3H3,(H,11,12). The van der Waals surface area contributed by atoms with Crippen LogP contribution in [0.4, 0.5) is 0 Å². The Morgan fingerprint density at radius 1 is 1.50 bits per heavy atom. The lowest BCUT2D eigenvalue weighted by Crippen LogP contribution is -2.56. The van der Waals surface area contributed by atoms with Crippen molar-refractivity contribution in [2.45, 2.75) is 39.2 Å². The Bertz CT molecular complexity index is 217. The summed E-state index contributed by atoms with van der Waals surface area (Å²) in [6, 6.07) is 0. The summed E-state index contributed by atoms with van der Waals surface area (Å²) in [5.41, 5.74) is 0.905. The number of rotatable bonds is 2. The summed E-state index contributed by atoms with van der Waals surface area (Å²) in [4.78, 5) is 15.3. The molecule has 0 saturated carbocycles. The van der Waals surface area contributed by atoms with E-state index in [0.29, 0.717) is 6.54 Å². The zero-order chi connectivity index (χ0) is 9.19. The van der Waals surface area contributed by atoms with Crippen LogP contribution in [0.2, 0.25) is 0 Å². The van der Waals surface area contributed by atoms with E-state index in [-0.39, 0.29) is 11.4 Å². The van der Waals surface area contributed by atoms with Gasteiger partial charge in [-0.15, -0.1) is 0 Å². The molecule has 3 heteroatoms. The molecule has 0 aromatic heterocycles. The zero-order valence-electron chi connectivity index (χ0n) is 7.98. The fraction of sp³-hybridized carbons (Fsp3) is 0.778. The van der Waals surface area contributed by atoms with Crippen LogP contribution in [0.5, 0.6) is 0 Å². The van der Waals surface area contributed by atoms with Crippen molar-refractivity contribution >= 4 is 11.6 Å². The largest absolute Gasteiger partial charge is 0.344 e. The maximum absolute atomic E-state index is 11.1. The maximum atomic E-state index is 11.1. The van der Waals surface area contributed by atoms with Crippen LogP contribution in [0.3, 0.4) is 0 Å². The monoisotopic (exact) mass is 168 g/mol. The van der Waals surface area contributed by atoms with Gasteiger partial charge < -0.3 is 5.32 Å². The number of carbonyl (C=O) groups excluding carboxylic acids is 1. The Kier molecular flexibility index (Phi) is 2.50. The van der Waals surface area contributed by atoms with Gasteiger partial charge in [0, 0.05) is 5.71 Å². The number of nitrogens with zero attached hydrogens (tertiary/aromatic N) is 1. The second kappa shape index (κ2) is 3.25. The number of hydrogen-bond donors (Lipinski definition) is 1. The van der Waals surface area contributed by atoms with Crippen LogP contribution in [0.25, 0.3) is 0 Å². The van der Waals surface area contributed by atoms with E-state index in [4.69, 9.17) is 0 Å². The van der Waals surface area contributed by atoms with Crippen molar-refractivity contribution in [3.8, 4) is 0 Å². The van der Waals surface area contributed by atoms with Crippen LogP contribution in [-0.4, -0.2) is 23.7 Å². The number of amides is 1. The molecule has 0 bridgehead atoms. The molecule has 1 aliphatic heterocycles. The molecule has 0 atom stereocenters. The summed E-state index contributed by atoms with van der Waals surface area (Å²) in [5, 5.41) is 3.01. The zero-order valence-corrected chi connectivity index (χ0v) is 7.98. The Balaban J connectivity index is 2.92. The summed E-state index contributed by atoms with van der Waals surface area (Å²) >= 11 is 0. The van der Waals surface area contributed by atoms with E-state index in [1.807, 2.05) is 6.92 Å². The molecule has 3 nitrogen and oxygen atoms in total. The summed E-state index contributed by atoms with van der Waals surface area (Å²) in [5.74, 6) is 0.0456. The summed E-state index contributed by atoms with van der Waals surface area (Å²) in [6.07, 6.45) is 1.84. The molecule has 0 fully saturated rings. The SMILES string of the molecule is CCC1(CC)NC(=O)CN=C1C. The Morgan fingerprint density at radius 3 is 2.50 bits per heavy atom. The van der Waals surface area contributed by atoms with Gasteiger partial charge in [-0.25, -0.2) is 0 Å². The Morgan fingerprint density at radius 2 is 2.08 bits per heavy atom. The average Bonchev–Trinajstić information content (AvgIpc) is 2.09. The first-order chi connectivity index (χ1) is 5.64. The van der Waals surface area contributed by atoms with E-state index >= 15 is 0 Å². The van der Waals surface area contributed by atoms with Gasteiger partial charge in [0.1, 0.15) is 6.54 Å². The van der Waals surface area contributed by atoms with Crippen molar-refractivity contribution in [1.82, 2.24) is 5.32 Å². The minimum Gasteiger partial charge on any atom is -0.344 e. The van der Waals surface area contributed by atoms with Gasteiger partial charge in [0.05, 0.1) is 5.54 Å².